The van der Waals surface area contributed by atoms with Gasteiger partial charge in [-0.05, 0) is 19.4 Å². The van der Waals surface area contributed by atoms with Crippen LogP contribution in [0.1, 0.15) is 37.0 Å². The van der Waals surface area contributed by atoms with Crippen molar-refractivity contribution in [3.05, 3.63) is 22.8 Å². The summed E-state index contributed by atoms with van der Waals surface area (Å²) in [6, 6.07) is 3.51. The van der Waals surface area contributed by atoms with E-state index in [0.717, 1.165) is 13.0 Å². The van der Waals surface area contributed by atoms with E-state index in [1.165, 1.54) is 11.1 Å². The lowest BCUT2D eigenvalue weighted by atomic mass is 10.2. The summed E-state index contributed by atoms with van der Waals surface area (Å²) in [5.74, 6) is 0.391. The van der Waals surface area contributed by atoms with E-state index in [1.54, 1.807) is 13.1 Å². The molecule has 0 bridgehead atoms. The maximum atomic E-state index is 12.2. The van der Waals surface area contributed by atoms with E-state index in [1.807, 2.05) is 13.8 Å². The van der Waals surface area contributed by atoms with Crippen LogP contribution in [-0.2, 0) is 0 Å². The van der Waals surface area contributed by atoms with Gasteiger partial charge in [-0.3, -0.25) is 4.79 Å². The van der Waals surface area contributed by atoms with Gasteiger partial charge in [0.15, 0.2) is 0 Å². The molecule has 0 aliphatic heterocycles. The van der Waals surface area contributed by atoms with Crippen LogP contribution in [0.5, 0.6) is 0 Å². The molecule has 0 fully saturated rings. The lowest BCUT2D eigenvalue weighted by Gasteiger charge is -2.23. The summed E-state index contributed by atoms with van der Waals surface area (Å²) < 4.78 is 0. The smallest absolute Gasteiger partial charge is 0.255 e. The molecule has 0 saturated carbocycles. The second-order valence-corrected chi connectivity index (χ2v) is 5.02. The van der Waals surface area contributed by atoms with Crippen molar-refractivity contribution in [1.29, 1.82) is 5.26 Å². The molecule has 1 unspecified atom stereocenters. The molecule has 1 rings (SSSR count). The first-order valence-electron chi connectivity index (χ1n) is 6.54. The van der Waals surface area contributed by atoms with Crippen molar-refractivity contribution in [2.24, 2.45) is 0 Å². The number of halogens is 1. The third-order valence-electron chi connectivity index (χ3n) is 3.00. The van der Waals surface area contributed by atoms with E-state index in [9.17, 15) is 4.79 Å². The largest absolute Gasteiger partial charge is 0.369 e. The third kappa shape index (κ3) is 4.10. The zero-order valence-corrected chi connectivity index (χ0v) is 12.7. The predicted octanol–water partition coefficient (Wildman–Crippen LogP) is 2.93. The first-order chi connectivity index (χ1) is 9.51. The molecule has 1 heterocycles. The maximum Gasteiger partial charge on any atom is 0.255 e. The molecule has 0 spiro atoms. The highest BCUT2D eigenvalue weighted by atomic mass is 35.5. The van der Waals surface area contributed by atoms with E-state index in [2.05, 4.69) is 16.4 Å². The lowest BCUT2D eigenvalue weighted by Crippen LogP contribution is -2.34. The fourth-order valence-electron chi connectivity index (χ4n) is 1.60. The molecular formula is C14H19ClN4O. The van der Waals surface area contributed by atoms with Crippen LogP contribution in [0.3, 0.4) is 0 Å². The fourth-order valence-corrected chi connectivity index (χ4v) is 1.83. The molecule has 108 valence electrons. The minimum absolute atomic E-state index is 0.149. The molecule has 1 atom stereocenters. The van der Waals surface area contributed by atoms with Gasteiger partial charge in [-0.2, -0.15) is 5.26 Å². The van der Waals surface area contributed by atoms with Crippen molar-refractivity contribution in [2.45, 2.75) is 32.7 Å². The summed E-state index contributed by atoms with van der Waals surface area (Å²) in [5.41, 5.74) is 0.421. The topological polar surface area (TPSA) is 69.0 Å². The molecule has 0 radical (unpaired) electrons. The number of carbonyl (C=O) groups excluding carboxylic acids is 1. The van der Waals surface area contributed by atoms with Crippen LogP contribution < -0.4 is 5.32 Å². The Kier molecular flexibility index (Phi) is 6.26. The van der Waals surface area contributed by atoms with Crippen LogP contribution in [0.2, 0.25) is 5.02 Å². The maximum absolute atomic E-state index is 12.2. The summed E-state index contributed by atoms with van der Waals surface area (Å²) in [6.07, 6.45) is 2.76. The van der Waals surface area contributed by atoms with Gasteiger partial charge >= 0.3 is 0 Å². The number of nitriles is 1. The molecule has 0 saturated heterocycles. The van der Waals surface area contributed by atoms with Crippen LogP contribution in [0.25, 0.3) is 0 Å². The standard InChI is InChI=1S/C14H19ClN4O/c1-4-7-17-13-12(15)8-11(9-18-13)14(20)19(3)10(2)5-6-16/h8-10H,4-5,7H2,1-3H3,(H,17,18). The first-order valence-corrected chi connectivity index (χ1v) is 6.92. The minimum atomic E-state index is -0.191. The minimum Gasteiger partial charge on any atom is -0.369 e. The van der Waals surface area contributed by atoms with E-state index in [0.29, 0.717) is 22.8 Å². The highest BCUT2D eigenvalue weighted by Gasteiger charge is 2.18. The molecule has 6 heteroatoms. The summed E-state index contributed by atoms with van der Waals surface area (Å²) in [5, 5.41) is 12.2. The van der Waals surface area contributed by atoms with Gasteiger partial charge in [0.1, 0.15) is 5.82 Å². The van der Waals surface area contributed by atoms with Gasteiger partial charge in [-0.15, -0.1) is 0 Å². The van der Waals surface area contributed by atoms with Gasteiger partial charge in [0, 0.05) is 25.8 Å². The Morgan fingerprint density at radius 2 is 2.35 bits per heavy atom. The Morgan fingerprint density at radius 1 is 1.65 bits per heavy atom. The Labute approximate surface area is 124 Å². The number of rotatable bonds is 6. The predicted molar refractivity (Wildman–Crippen MR) is 79.8 cm³/mol. The number of pyridine rings is 1. The third-order valence-corrected chi connectivity index (χ3v) is 3.29. The number of nitrogens with zero attached hydrogens (tertiary/aromatic N) is 3. The lowest BCUT2D eigenvalue weighted by molar-refractivity contribution is 0.0746. The number of anilines is 1. The summed E-state index contributed by atoms with van der Waals surface area (Å²) >= 11 is 6.11. The van der Waals surface area contributed by atoms with E-state index >= 15 is 0 Å². The average molecular weight is 295 g/mol. The second-order valence-electron chi connectivity index (χ2n) is 4.61. The Morgan fingerprint density at radius 3 is 2.90 bits per heavy atom. The molecular weight excluding hydrogens is 276 g/mol. The SMILES string of the molecule is CCCNc1ncc(C(=O)N(C)C(C)CC#N)cc1Cl. The molecule has 0 aliphatic carbocycles. The quantitative estimate of drug-likeness (QED) is 0.876. The average Bonchev–Trinajstić information content (AvgIpc) is 2.44. The summed E-state index contributed by atoms with van der Waals surface area (Å²) in [4.78, 5) is 17.9. The summed E-state index contributed by atoms with van der Waals surface area (Å²) in [7, 11) is 1.67. The number of amides is 1. The molecule has 1 amide bonds. The normalized spacial score (nSPS) is 11.6. The van der Waals surface area contributed by atoms with E-state index in [4.69, 9.17) is 16.9 Å². The molecule has 0 aromatic carbocycles. The Balaban J connectivity index is 2.84. The van der Waals surface area contributed by atoms with E-state index in [-0.39, 0.29) is 11.9 Å². The Hall–Kier alpha value is -1.80. The highest BCUT2D eigenvalue weighted by molar-refractivity contribution is 6.33. The molecule has 1 aromatic heterocycles. The molecule has 5 nitrogen and oxygen atoms in total. The Bertz CT molecular complexity index is 512. The van der Waals surface area contributed by atoms with Crippen molar-refractivity contribution >= 4 is 23.3 Å². The van der Waals surface area contributed by atoms with Crippen molar-refractivity contribution in [2.75, 3.05) is 18.9 Å². The number of hydrogen-bond donors (Lipinski definition) is 1. The summed E-state index contributed by atoms with van der Waals surface area (Å²) in [6.45, 7) is 4.65. The molecule has 1 aromatic rings. The van der Waals surface area contributed by atoms with Gasteiger partial charge in [0.05, 0.1) is 23.1 Å². The zero-order chi connectivity index (χ0) is 15.1. The highest BCUT2D eigenvalue weighted by Crippen LogP contribution is 2.21. The number of hydrogen-bond acceptors (Lipinski definition) is 4. The van der Waals surface area contributed by atoms with Gasteiger partial charge in [0.25, 0.3) is 5.91 Å². The zero-order valence-electron chi connectivity index (χ0n) is 12.0. The van der Waals surface area contributed by atoms with Gasteiger partial charge in [0.2, 0.25) is 0 Å². The monoisotopic (exact) mass is 294 g/mol. The van der Waals surface area contributed by atoms with Gasteiger partial charge in [-0.1, -0.05) is 18.5 Å². The number of nitrogens with one attached hydrogen (secondary N) is 1. The number of aromatic nitrogens is 1. The number of carbonyl (C=O) groups is 1. The van der Waals surface area contributed by atoms with E-state index < -0.39 is 0 Å². The van der Waals surface area contributed by atoms with Crippen molar-refractivity contribution < 1.29 is 4.79 Å². The van der Waals surface area contributed by atoms with Crippen molar-refractivity contribution in [3.63, 3.8) is 0 Å². The van der Waals surface area contributed by atoms with Gasteiger partial charge in [-0.25, -0.2) is 4.98 Å². The fraction of sp³-hybridized carbons (Fsp3) is 0.500. The molecule has 20 heavy (non-hydrogen) atoms. The van der Waals surface area contributed by atoms with Crippen LogP contribution in [-0.4, -0.2) is 35.4 Å². The second kappa shape index (κ2) is 7.71. The molecule has 0 aliphatic rings. The first kappa shape index (κ1) is 16.3. The van der Waals surface area contributed by atoms with Crippen molar-refractivity contribution in [3.8, 4) is 6.07 Å². The molecule has 1 N–H and O–H groups in total. The van der Waals surface area contributed by atoms with Crippen LogP contribution in [0.15, 0.2) is 12.3 Å². The van der Waals surface area contributed by atoms with Crippen molar-refractivity contribution in [1.82, 2.24) is 9.88 Å². The van der Waals surface area contributed by atoms with Crippen LogP contribution in [0, 0.1) is 11.3 Å². The van der Waals surface area contributed by atoms with Crippen LogP contribution >= 0.6 is 11.6 Å². The van der Waals surface area contributed by atoms with Crippen LogP contribution in [0.4, 0.5) is 5.82 Å². The van der Waals surface area contributed by atoms with Gasteiger partial charge < -0.3 is 10.2 Å².